The quantitative estimate of drug-likeness (QED) is 0.727. The SMILES string of the molecule is Cc1cccc2nc(N(C)Cc3nnc4n3CCN(C)C4=O)sc12. The molecule has 0 aliphatic carbocycles. The first kappa shape index (κ1) is 15.1. The third kappa shape index (κ3) is 2.34. The number of hydrogen-bond acceptors (Lipinski definition) is 6. The van der Waals surface area contributed by atoms with Gasteiger partial charge in [0.1, 0.15) is 0 Å². The second-order valence-corrected chi connectivity index (χ2v) is 7.07. The molecule has 8 heteroatoms. The highest BCUT2D eigenvalue weighted by molar-refractivity contribution is 7.22. The van der Waals surface area contributed by atoms with Crippen LogP contribution in [0.4, 0.5) is 5.13 Å². The molecule has 0 fully saturated rings. The summed E-state index contributed by atoms with van der Waals surface area (Å²) in [5.74, 6) is 1.15. The lowest BCUT2D eigenvalue weighted by Crippen LogP contribution is -2.38. The van der Waals surface area contributed by atoms with Crippen molar-refractivity contribution in [2.45, 2.75) is 20.0 Å². The van der Waals surface area contributed by atoms with Crippen LogP contribution < -0.4 is 4.90 Å². The summed E-state index contributed by atoms with van der Waals surface area (Å²) < 4.78 is 3.12. The van der Waals surface area contributed by atoms with Gasteiger partial charge in [0.05, 0.1) is 16.8 Å². The van der Waals surface area contributed by atoms with E-state index in [2.05, 4.69) is 28.1 Å². The number of fused-ring (bicyclic) bond motifs is 2. The van der Waals surface area contributed by atoms with Gasteiger partial charge in [-0.05, 0) is 18.6 Å². The topological polar surface area (TPSA) is 67.2 Å². The first-order valence-electron chi connectivity index (χ1n) is 7.79. The fourth-order valence-electron chi connectivity index (χ4n) is 2.89. The maximum Gasteiger partial charge on any atom is 0.291 e. The molecule has 124 valence electrons. The number of hydrogen-bond donors (Lipinski definition) is 0. The van der Waals surface area contributed by atoms with Gasteiger partial charge in [-0.15, -0.1) is 10.2 Å². The summed E-state index contributed by atoms with van der Waals surface area (Å²) >= 11 is 1.67. The number of benzene rings is 1. The van der Waals surface area contributed by atoms with Crippen LogP contribution in [0.3, 0.4) is 0 Å². The Kier molecular flexibility index (Phi) is 3.49. The Labute approximate surface area is 143 Å². The molecule has 0 saturated heterocycles. The second-order valence-electron chi connectivity index (χ2n) is 6.09. The van der Waals surface area contributed by atoms with E-state index in [1.165, 1.54) is 10.3 Å². The third-order valence-corrected chi connectivity index (χ3v) is 5.65. The number of rotatable bonds is 3. The summed E-state index contributed by atoms with van der Waals surface area (Å²) in [6, 6.07) is 6.16. The molecule has 0 atom stereocenters. The standard InChI is InChI=1S/C16H18N6OS/c1-10-5-4-6-11-13(10)24-16(17-11)21(3)9-12-18-19-14-15(23)20(2)7-8-22(12)14/h4-6H,7-9H2,1-3H3. The number of aryl methyl sites for hydroxylation is 1. The zero-order chi connectivity index (χ0) is 16.8. The highest BCUT2D eigenvalue weighted by atomic mass is 32.1. The Morgan fingerprint density at radius 2 is 2.12 bits per heavy atom. The minimum Gasteiger partial charge on any atom is -0.344 e. The molecule has 1 aromatic carbocycles. The number of carbonyl (C=O) groups is 1. The van der Waals surface area contributed by atoms with E-state index in [4.69, 9.17) is 4.98 Å². The molecule has 0 saturated carbocycles. The Balaban J connectivity index is 1.62. The van der Waals surface area contributed by atoms with Crippen LogP contribution in [0.5, 0.6) is 0 Å². The van der Waals surface area contributed by atoms with Crippen molar-refractivity contribution in [1.82, 2.24) is 24.6 Å². The van der Waals surface area contributed by atoms with Crippen molar-refractivity contribution in [2.75, 3.05) is 25.5 Å². The number of amides is 1. The second kappa shape index (κ2) is 5.55. The van der Waals surface area contributed by atoms with Gasteiger partial charge in [-0.1, -0.05) is 23.5 Å². The molecule has 7 nitrogen and oxygen atoms in total. The first-order chi connectivity index (χ1) is 11.5. The van der Waals surface area contributed by atoms with E-state index in [1.807, 2.05) is 23.7 Å². The first-order valence-corrected chi connectivity index (χ1v) is 8.61. The zero-order valence-corrected chi connectivity index (χ0v) is 14.7. The number of likely N-dealkylation sites (N-methyl/N-ethyl adjacent to an activating group) is 1. The molecule has 3 heterocycles. The Bertz CT molecular complexity index is 930. The van der Waals surface area contributed by atoms with Crippen molar-refractivity contribution in [2.24, 2.45) is 0 Å². The number of carbonyl (C=O) groups excluding carboxylic acids is 1. The van der Waals surface area contributed by atoms with Crippen molar-refractivity contribution >= 4 is 32.6 Å². The van der Waals surface area contributed by atoms with Crippen LogP contribution in [0, 0.1) is 6.92 Å². The summed E-state index contributed by atoms with van der Waals surface area (Å²) in [4.78, 5) is 20.6. The molecule has 1 aliphatic heterocycles. The van der Waals surface area contributed by atoms with Crippen molar-refractivity contribution in [3.8, 4) is 0 Å². The van der Waals surface area contributed by atoms with Crippen molar-refractivity contribution in [3.05, 3.63) is 35.4 Å². The number of aromatic nitrogens is 4. The van der Waals surface area contributed by atoms with E-state index < -0.39 is 0 Å². The molecule has 0 spiro atoms. The van der Waals surface area contributed by atoms with Crippen LogP contribution in [0.25, 0.3) is 10.2 Å². The highest BCUT2D eigenvalue weighted by Crippen LogP contribution is 2.31. The Morgan fingerprint density at radius 3 is 2.92 bits per heavy atom. The predicted octanol–water partition coefficient (Wildman–Crippen LogP) is 1.92. The van der Waals surface area contributed by atoms with Crippen LogP contribution in [-0.2, 0) is 13.1 Å². The van der Waals surface area contributed by atoms with Crippen LogP contribution in [0.1, 0.15) is 22.0 Å². The van der Waals surface area contributed by atoms with E-state index in [-0.39, 0.29) is 5.91 Å². The van der Waals surface area contributed by atoms with E-state index in [0.29, 0.717) is 18.9 Å². The lowest BCUT2D eigenvalue weighted by molar-refractivity contribution is 0.0740. The minimum absolute atomic E-state index is 0.0711. The Morgan fingerprint density at radius 1 is 1.29 bits per heavy atom. The molecule has 3 aromatic rings. The number of nitrogens with zero attached hydrogens (tertiary/aromatic N) is 6. The molecular formula is C16H18N6OS. The summed E-state index contributed by atoms with van der Waals surface area (Å²) in [5.41, 5.74) is 2.25. The van der Waals surface area contributed by atoms with Gasteiger partial charge in [0.15, 0.2) is 11.0 Å². The number of thiazole rings is 1. The zero-order valence-electron chi connectivity index (χ0n) is 13.9. The van der Waals surface area contributed by atoms with Crippen molar-refractivity contribution in [3.63, 3.8) is 0 Å². The summed E-state index contributed by atoms with van der Waals surface area (Å²) in [6.07, 6.45) is 0. The van der Waals surface area contributed by atoms with Gasteiger partial charge >= 0.3 is 0 Å². The average Bonchev–Trinajstić information content (AvgIpc) is 3.16. The summed E-state index contributed by atoms with van der Waals surface area (Å²) in [5, 5.41) is 9.23. The normalized spacial score (nSPS) is 14.3. The molecule has 0 radical (unpaired) electrons. The molecular weight excluding hydrogens is 324 g/mol. The van der Waals surface area contributed by atoms with E-state index in [0.717, 1.165) is 23.0 Å². The van der Waals surface area contributed by atoms with Crippen LogP contribution >= 0.6 is 11.3 Å². The predicted molar refractivity (Wildman–Crippen MR) is 93.4 cm³/mol. The van der Waals surface area contributed by atoms with Gasteiger partial charge in [0.2, 0.25) is 5.82 Å². The smallest absolute Gasteiger partial charge is 0.291 e. The van der Waals surface area contributed by atoms with Gasteiger partial charge in [-0.25, -0.2) is 4.98 Å². The van der Waals surface area contributed by atoms with Crippen molar-refractivity contribution in [1.29, 1.82) is 0 Å². The van der Waals surface area contributed by atoms with Crippen LogP contribution in [-0.4, -0.2) is 51.2 Å². The molecule has 0 N–H and O–H groups in total. The minimum atomic E-state index is -0.0711. The number of anilines is 1. The molecule has 4 rings (SSSR count). The molecule has 1 aliphatic rings. The third-order valence-electron chi connectivity index (χ3n) is 4.33. The maximum absolute atomic E-state index is 12.1. The van der Waals surface area contributed by atoms with Crippen LogP contribution in [0.15, 0.2) is 18.2 Å². The summed E-state index contributed by atoms with van der Waals surface area (Å²) in [7, 11) is 3.78. The van der Waals surface area contributed by atoms with E-state index in [1.54, 1.807) is 23.3 Å². The van der Waals surface area contributed by atoms with Gasteiger partial charge in [0.25, 0.3) is 5.91 Å². The van der Waals surface area contributed by atoms with E-state index in [9.17, 15) is 4.79 Å². The maximum atomic E-state index is 12.1. The average molecular weight is 342 g/mol. The molecule has 1 amide bonds. The summed E-state index contributed by atoms with van der Waals surface area (Å²) in [6.45, 7) is 4.08. The molecule has 0 unspecified atom stereocenters. The van der Waals surface area contributed by atoms with Gasteiger partial charge in [-0.3, -0.25) is 4.79 Å². The van der Waals surface area contributed by atoms with Gasteiger partial charge < -0.3 is 14.4 Å². The lowest BCUT2D eigenvalue weighted by atomic mass is 10.2. The van der Waals surface area contributed by atoms with Gasteiger partial charge in [-0.2, -0.15) is 0 Å². The fraction of sp³-hybridized carbons (Fsp3) is 0.375. The fourth-order valence-corrected chi connectivity index (χ4v) is 3.88. The largest absolute Gasteiger partial charge is 0.344 e. The highest BCUT2D eigenvalue weighted by Gasteiger charge is 2.27. The van der Waals surface area contributed by atoms with E-state index >= 15 is 0 Å². The Hall–Kier alpha value is -2.48. The monoisotopic (exact) mass is 342 g/mol. The lowest BCUT2D eigenvalue weighted by Gasteiger charge is -2.24. The van der Waals surface area contributed by atoms with Gasteiger partial charge in [0, 0.05) is 27.2 Å². The van der Waals surface area contributed by atoms with Crippen molar-refractivity contribution < 1.29 is 4.79 Å². The molecule has 24 heavy (non-hydrogen) atoms. The van der Waals surface area contributed by atoms with Crippen LogP contribution in [0.2, 0.25) is 0 Å². The molecule has 0 bridgehead atoms. The molecule has 2 aromatic heterocycles.